The van der Waals surface area contributed by atoms with Crippen molar-refractivity contribution in [2.75, 3.05) is 17.2 Å². The van der Waals surface area contributed by atoms with Crippen LogP contribution >= 0.6 is 0 Å². The number of furan rings is 1. The average molecular weight is 341 g/mol. The van der Waals surface area contributed by atoms with E-state index in [4.69, 9.17) is 10.2 Å². The van der Waals surface area contributed by atoms with Crippen LogP contribution in [-0.2, 0) is 4.79 Å². The third-order valence-corrected chi connectivity index (χ3v) is 4.79. The predicted octanol–water partition coefficient (Wildman–Crippen LogP) is 3.15. The highest BCUT2D eigenvalue weighted by Crippen LogP contribution is 2.32. The Bertz CT molecular complexity index is 755. The van der Waals surface area contributed by atoms with Crippen molar-refractivity contribution in [1.82, 2.24) is 0 Å². The maximum absolute atomic E-state index is 12.5. The number of benzene rings is 1. The Morgan fingerprint density at radius 2 is 2.08 bits per heavy atom. The van der Waals surface area contributed by atoms with Crippen molar-refractivity contribution in [3.8, 4) is 0 Å². The Balaban J connectivity index is 1.65. The summed E-state index contributed by atoms with van der Waals surface area (Å²) in [7, 11) is 0. The molecule has 2 aromatic rings. The second kappa shape index (κ2) is 7.53. The van der Waals surface area contributed by atoms with Crippen molar-refractivity contribution in [3.63, 3.8) is 0 Å². The lowest BCUT2D eigenvalue weighted by molar-refractivity contribution is -0.120. The number of carbonyl (C=O) groups is 2. The van der Waals surface area contributed by atoms with Crippen molar-refractivity contribution in [2.45, 2.75) is 26.2 Å². The molecule has 0 aliphatic heterocycles. The van der Waals surface area contributed by atoms with Gasteiger partial charge in [0.1, 0.15) is 0 Å². The summed E-state index contributed by atoms with van der Waals surface area (Å²) in [6, 6.07) is 8.69. The highest BCUT2D eigenvalue weighted by atomic mass is 16.3. The van der Waals surface area contributed by atoms with Crippen molar-refractivity contribution in [3.05, 3.63) is 47.9 Å². The quantitative estimate of drug-likeness (QED) is 0.778. The zero-order chi connectivity index (χ0) is 17.8. The number of carbonyl (C=O) groups excluding carboxylic acids is 2. The maximum atomic E-state index is 12.5. The third-order valence-electron chi connectivity index (χ3n) is 4.79. The van der Waals surface area contributed by atoms with Crippen LogP contribution in [-0.4, -0.2) is 18.4 Å². The number of aryl methyl sites for hydroxylation is 1. The lowest BCUT2D eigenvalue weighted by Crippen LogP contribution is -2.29. The molecular weight excluding hydrogens is 318 g/mol. The van der Waals surface area contributed by atoms with Crippen molar-refractivity contribution < 1.29 is 14.0 Å². The number of rotatable bonds is 5. The largest absolute Gasteiger partial charge is 0.459 e. The number of nitrogens with two attached hydrogens (primary N) is 1. The van der Waals surface area contributed by atoms with E-state index in [0.29, 0.717) is 12.2 Å². The first-order valence-electron chi connectivity index (χ1n) is 8.55. The molecule has 4 N–H and O–H groups in total. The molecule has 1 aliphatic rings. The molecule has 1 aromatic carbocycles. The van der Waals surface area contributed by atoms with Gasteiger partial charge < -0.3 is 20.8 Å². The van der Waals surface area contributed by atoms with Crippen LogP contribution in [0.15, 0.2) is 41.0 Å². The summed E-state index contributed by atoms with van der Waals surface area (Å²) in [6.45, 7) is 2.43. The molecule has 1 aliphatic carbocycles. The van der Waals surface area contributed by atoms with Gasteiger partial charge in [-0.1, -0.05) is 6.42 Å². The van der Waals surface area contributed by atoms with Gasteiger partial charge in [-0.3, -0.25) is 9.59 Å². The van der Waals surface area contributed by atoms with Crippen molar-refractivity contribution in [2.24, 2.45) is 17.6 Å². The number of anilines is 2. The summed E-state index contributed by atoms with van der Waals surface area (Å²) in [5, 5.41) is 5.77. The molecule has 6 heteroatoms. The van der Waals surface area contributed by atoms with E-state index in [9.17, 15) is 9.59 Å². The number of hydrogen-bond acceptors (Lipinski definition) is 4. The lowest BCUT2D eigenvalue weighted by atomic mass is 9.95. The molecule has 0 radical (unpaired) electrons. The highest BCUT2D eigenvalue weighted by Gasteiger charge is 2.31. The molecule has 0 saturated heterocycles. The van der Waals surface area contributed by atoms with Gasteiger partial charge in [-0.2, -0.15) is 0 Å². The molecule has 2 amide bonds. The molecule has 0 bridgehead atoms. The standard InChI is InChI=1S/C19H23N3O3/c1-12-10-14(21-18(23)15-5-2-4-13(15)11-20)7-8-16(12)22-19(24)17-6-3-9-25-17/h3,6-10,13,15H,2,4-5,11,20H2,1H3,(H,21,23)(H,22,24)/t13-,15-/m1/s1. The predicted molar refractivity (Wildman–Crippen MR) is 96.4 cm³/mol. The molecule has 25 heavy (non-hydrogen) atoms. The smallest absolute Gasteiger partial charge is 0.291 e. The van der Waals surface area contributed by atoms with Crippen molar-refractivity contribution >= 4 is 23.2 Å². The summed E-state index contributed by atoms with van der Waals surface area (Å²) in [5.74, 6) is 0.240. The Kier molecular flexibility index (Phi) is 5.19. The van der Waals surface area contributed by atoms with Crippen molar-refractivity contribution in [1.29, 1.82) is 0 Å². The number of hydrogen-bond donors (Lipinski definition) is 3. The van der Waals surface area contributed by atoms with Gasteiger partial charge in [-0.25, -0.2) is 0 Å². The van der Waals surface area contributed by atoms with Gasteiger partial charge in [0.05, 0.1) is 6.26 Å². The Morgan fingerprint density at radius 1 is 1.24 bits per heavy atom. The molecule has 0 spiro atoms. The first-order chi connectivity index (χ1) is 12.1. The Labute approximate surface area is 146 Å². The highest BCUT2D eigenvalue weighted by molar-refractivity contribution is 6.03. The van der Waals surface area contributed by atoms with E-state index in [1.807, 2.05) is 13.0 Å². The Hall–Kier alpha value is -2.60. The summed E-state index contributed by atoms with van der Waals surface area (Å²) < 4.78 is 5.08. The fraction of sp³-hybridized carbons (Fsp3) is 0.368. The average Bonchev–Trinajstić information content (AvgIpc) is 3.28. The molecule has 1 saturated carbocycles. The minimum absolute atomic E-state index is 0.0105. The number of nitrogens with one attached hydrogen (secondary N) is 2. The first kappa shape index (κ1) is 17.2. The minimum atomic E-state index is -0.304. The monoisotopic (exact) mass is 341 g/mol. The van der Waals surface area contributed by atoms with Gasteiger partial charge in [0.2, 0.25) is 5.91 Å². The molecule has 6 nitrogen and oxygen atoms in total. The normalized spacial score (nSPS) is 19.6. The molecule has 1 fully saturated rings. The molecule has 1 heterocycles. The van der Waals surface area contributed by atoms with Gasteiger partial charge in [0.15, 0.2) is 5.76 Å². The number of amides is 2. The molecule has 2 atom stereocenters. The molecular formula is C19H23N3O3. The van der Waals surface area contributed by atoms with Crippen LogP contribution in [0.4, 0.5) is 11.4 Å². The maximum Gasteiger partial charge on any atom is 0.291 e. The van der Waals surface area contributed by atoms with Gasteiger partial charge in [-0.05, 0) is 68.1 Å². The minimum Gasteiger partial charge on any atom is -0.459 e. The van der Waals surface area contributed by atoms with Gasteiger partial charge >= 0.3 is 0 Å². The molecule has 132 valence electrons. The van der Waals surface area contributed by atoms with E-state index in [-0.39, 0.29) is 29.4 Å². The zero-order valence-corrected chi connectivity index (χ0v) is 14.2. The van der Waals surface area contributed by atoms with Crippen LogP contribution in [0.1, 0.15) is 35.4 Å². The van der Waals surface area contributed by atoms with E-state index < -0.39 is 0 Å². The lowest BCUT2D eigenvalue weighted by Gasteiger charge is -2.18. The topological polar surface area (TPSA) is 97.4 Å². The van der Waals surface area contributed by atoms with Crippen LogP contribution in [0.5, 0.6) is 0 Å². The second-order valence-electron chi connectivity index (χ2n) is 6.48. The van der Waals surface area contributed by atoms with Gasteiger partial charge in [0, 0.05) is 17.3 Å². The molecule has 3 rings (SSSR count). The van der Waals surface area contributed by atoms with E-state index in [0.717, 1.165) is 30.5 Å². The first-order valence-corrected chi connectivity index (χ1v) is 8.55. The molecule has 1 aromatic heterocycles. The van der Waals surface area contributed by atoms with E-state index in [2.05, 4.69) is 10.6 Å². The van der Waals surface area contributed by atoms with Gasteiger partial charge in [0.25, 0.3) is 5.91 Å². The zero-order valence-electron chi connectivity index (χ0n) is 14.2. The fourth-order valence-electron chi connectivity index (χ4n) is 3.37. The molecule has 0 unspecified atom stereocenters. The summed E-state index contributed by atoms with van der Waals surface area (Å²) in [6.07, 6.45) is 4.42. The van der Waals surface area contributed by atoms with Crippen LogP contribution in [0.3, 0.4) is 0 Å². The summed E-state index contributed by atoms with van der Waals surface area (Å²) >= 11 is 0. The van der Waals surface area contributed by atoms with E-state index in [1.54, 1.807) is 24.3 Å². The van der Waals surface area contributed by atoms with E-state index in [1.165, 1.54) is 6.26 Å². The van der Waals surface area contributed by atoms with Crippen LogP contribution in [0.25, 0.3) is 0 Å². The second-order valence-corrected chi connectivity index (χ2v) is 6.48. The SMILES string of the molecule is Cc1cc(NC(=O)[C@@H]2CCC[C@@H]2CN)ccc1NC(=O)c1ccco1. The summed E-state index contributed by atoms with van der Waals surface area (Å²) in [5.41, 5.74) is 8.02. The Morgan fingerprint density at radius 3 is 2.76 bits per heavy atom. The van der Waals surface area contributed by atoms with Gasteiger partial charge in [-0.15, -0.1) is 0 Å². The van der Waals surface area contributed by atoms with E-state index >= 15 is 0 Å². The summed E-state index contributed by atoms with van der Waals surface area (Å²) in [4.78, 5) is 24.5. The van der Waals surface area contributed by atoms with Crippen LogP contribution < -0.4 is 16.4 Å². The third kappa shape index (κ3) is 3.91. The fourth-order valence-corrected chi connectivity index (χ4v) is 3.37. The van der Waals surface area contributed by atoms with Crippen LogP contribution in [0, 0.1) is 18.8 Å². The van der Waals surface area contributed by atoms with Crippen LogP contribution in [0.2, 0.25) is 0 Å².